The highest BCUT2D eigenvalue weighted by molar-refractivity contribution is 5.87. The first-order chi connectivity index (χ1) is 4.52. The van der Waals surface area contributed by atoms with Crippen LogP contribution < -0.4 is 0 Å². The van der Waals surface area contributed by atoms with Crippen molar-refractivity contribution in [2.24, 2.45) is 5.41 Å². The van der Waals surface area contributed by atoms with Crippen LogP contribution in [0.25, 0.3) is 0 Å². The largest absolute Gasteiger partial charge is 0.208 e. The molecule has 0 spiro atoms. The van der Waals surface area contributed by atoms with Gasteiger partial charge in [-0.05, 0) is 6.08 Å². The first-order valence-electron chi connectivity index (χ1n) is 3.77. The smallest absolute Gasteiger partial charge is 0.166 e. The van der Waals surface area contributed by atoms with Gasteiger partial charge >= 0.3 is 0 Å². The third-order valence-electron chi connectivity index (χ3n) is 1.93. The highest BCUT2D eigenvalue weighted by Crippen LogP contribution is 2.20. The molecule has 0 aromatic heterocycles. The summed E-state index contributed by atoms with van der Waals surface area (Å²) in [5.41, 5.74) is 1.84. The molecule has 0 amide bonds. The van der Waals surface area contributed by atoms with Crippen LogP contribution in [0.5, 0.6) is 0 Å². The van der Waals surface area contributed by atoms with E-state index in [4.69, 9.17) is 0 Å². The van der Waals surface area contributed by atoms with Crippen LogP contribution in [0.2, 0.25) is 0 Å². The molecular formula is C9H16N+. The van der Waals surface area contributed by atoms with Crippen LogP contribution in [0, 0.1) is 5.41 Å². The van der Waals surface area contributed by atoms with Crippen LogP contribution in [-0.4, -0.2) is 17.3 Å². The van der Waals surface area contributed by atoms with Crippen molar-refractivity contribution in [2.75, 3.05) is 7.05 Å². The third-order valence-corrected chi connectivity index (χ3v) is 1.93. The molecule has 0 radical (unpaired) electrons. The summed E-state index contributed by atoms with van der Waals surface area (Å²) in [7, 11) is 2.12. The summed E-state index contributed by atoms with van der Waals surface area (Å²) in [6.45, 7) is 6.77. The van der Waals surface area contributed by atoms with E-state index >= 15 is 0 Å². The lowest BCUT2D eigenvalue weighted by atomic mass is 9.88. The minimum absolute atomic E-state index is 0.332. The molecular weight excluding hydrogens is 122 g/mol. The highest BCUT2D eigenvalue weighted by Gasteiger charge is 2.27. The van der Waals surface area contributed by atoms with Crippen molar-refractivity contribution in [2.45, 2.75) is 27.2 Å². The average Bonchev–Trinajstić information content (AvgIpc) is 2.11. The molecule has 1 rings (SSSR count). The summed E-state index contributed by atoms with van der Waals surface area (Å²) >= 11 is 0. The first-order valence-corrected chi connectivity index (χ1v) is 3.77. The molecule has 1 aliphatic rings. The number of hydrogen-bond acceptors (Lipinski definition) is 0. The van der Waals surface area contributed by atoms with Gasteiger partial charge in [-0.25, -0.2) is 4.58 Å². The van der Waals surface area contributed by atoms with Gasteiger partial charge < -0.3 is 0 Å². The lowest BCUT2D eigenvalue weighted by molar-refractivity contribution is -0.423. The van der Waals surface area contributed by atoms with Gasteiger partial charge in [-0.15, -0.1) is 0 Å². The second kappa shape index (κ2) is 2.22. The zero-order chi connectivity index (χ0) is 7.78. The van der Waals surface area contributed by atoms with Crippen LogP contribution in [0.1, 0.15) is 27.2 Å². The fourth-order valence-corrected chi connectivity index (χ4v) is 1.39. The van der Waals surface area contributed by atoms with E-state index in [0.29, 0.717) is 5.41 Å². The standard InChI is InChI=1S/C9H16N/c1-9(2,3)8-6-5-7-10(8)4/h5,7H,6H2,1-4H3/q+1. The third kappa shape index (κ3) is 1.28. The zero-order valence-electron chi connectivity index (χ0n) is 7.31. The summed E-state index contributed by atoms with van der Waals surface area (Å²) in [6, 6.07) is 0. The number of allylic oxidation sites excluding steroid dienone is 1. The minimum Gasteiger partial charge on any atom is -0.208 e. The lowest BCUT2D eigenvalue weighted by Gasteiger charge is -2.14. The van der Waals surface area contributed by atoms with Crippen molar-refractivity contribution < 1.29 is 4.58 Å². The van der Waals surface area contributed by atoms with Crippen molar-refractivity contribution in [1.29, 1.82) is 0 Å². The second-order valence-electron chi connectivity index (χ2n) is 3.90. The Balaban J connectivity index is 2.86. The normalized spacial score (nSPS) is 18.8. The number of nitrogens with zero attached hydrogens (tertiary/aromatic N) is 1. The maximum atomic E-state index is 2.26. The van der Waals surface area contributed by atoms with Crippen molar-refractivity contribution >= 4 is 5.71 Å². The Morgan fingerprint density at radius 2 is 2.00 bits per heavy atom. The van der Waals surface area contributed by atoms with Gasteiger partial charge in [-0.3, -0.25) is 0 Å². The van der Waals surface area contributed by atoms with Crippen LogP contribution in [0.3, 0.4) is 0 Å². The minimum atomic E-state index is 0.332. The van der Waals surface area contributed by atoms with E-state index in [1.807, 2.05) is 0 Å². The van der Waals surface area contributed by atoms with Crippen LogP contribution in [0.15, 0.2) is 12.3 Å². The zero-order valence-corrected chi connectivity index (χ0v) is 7.31. The molecule has 1 aliphatic heterocycles. The van der Waals surface area contributed by atoms with Gasteiger partial charge in [0.15, 0.2) is 11.9 Å². The Bertz CT molecular complexity index is 191. The van der Waals surface area contributed by atoms with Gasteiger partial charge in [0.1, 0.15) is 7.05 Å². The maximum absolute atomic E-state index is 2.26. The van der Waals surface area contributed by atoms with E-state index in [1.165, 1.54) is 5.71 Å². The van der Waals surface area contributed by atoms with E-state index in [1.54, 1.807) is 0 Å². The molecule has 0 bridgehead atoms. The molecule has 0 aromatic rings. The van der Waals surface area contributed by atoms with Gasteiger partial charge in [-0.2, -0.15) is 0 Å². The lowest BCUT2D eigenvalue weighted by Crippen LogP contribution is -2.24. The topological polar surface area (TPSA) is 3.01 Å². The highest BCUT2D eigenvalue weighted by atomic mass is 15.0. The van der Waals surface area contributed by atoms with E-state index in [-0.39, 0.29) is 0 Å². The Kier molecular flexibility index (Phi) is 1.67. The molecule has 0 N–H and O–H groups in total. The molecule has 0 unspecified atom stereocenters. The molecule has 0 aromatic carbocycles. The second-order valence-corrected chi connectivity index (χ2v) is 3.90. The van der Waals surface area contributed by atoms with Gasteiger partial charge in [0.25, 0.3) is 0 Å². The van der Waals surface area contributed by atoms with Crippen molar-refractivity contribution in [3.8, 4) is 0 Å². The summed E-state index contributed by atoms with van der Waals surface area (Å²) < 4.78 is 2.22. The van der Waals surface area contributed by atoms with Crippen LogP contribution in [0.4, 0.5) is 0 Å². The van der Waals surface area contributed by atoms with Gasteiger partial charge in [0, 0.05) is 5.41 Å². The molecule has 1 heteroatoms. The monoisotopic (exact) mass is 138 g/mol. The molecule has 0 aliphatic carbocycles. The van der Waals surface area contributed by atoms with Gasteiger partial charge in [0.05, 0.1) is 6.42 Å². The van der Waals surface area contributed by atoms with Crippen molar-refractivity contribution in [1.82, 2.24) is 0 Å². The molecule has 0 fully saturated rings. The van der Waals surface area contributed by atoms with Crippen molar-refractivity contribution in [3.05, 3.63) is 12.3 Å². The quantitative estimate of drug-likeness (QED) is 0.451. The molecule has 10 heavy (non-hydrogen) atoms. The summed E-state index contributed by atoms with van der Waals surface area (Å²) in [5.74, 6) is 0. The van der Waals surface area contributed by atoms with Gasteiger partial charge in [-0.1, -0.05) is 20.8 Å². The number of hydrogen-bond donors (Lipinski definition) is 0. The molecule has 1 nitrogen and oxygen atoms in total. The average molecular weight is 138 g/mol. The van der Waals surface area contributed by atoms with Crippen LogP contribution >= 0.6 is 0 Å². The summed E-state index contributed by atoms with van der Waals surface area (Å²) in [5, 5.41) is 0. The van der Waals surface area contributed by atoms with E-state index < -0.39 is 0 Å². The maximum Gasteiger partial charge on any atom is 0.166 e. The fourth-order valence-electron chi connectivity index (χ4n) is 1.39. The van der Waals surface area contributed by atoms with E-state index in [0.717, 1.165) is 6.42 Å². The van der Waals surface area contributed by atoms with Crippen molar-refractivity contribution in [3.63, 3.8) is 0 Å². The first kappa shape index (κ1) is 7.52. The molecule has 0 atom stereocenters. The predicted molar refractivity (Wildman–Crippen MR) is 44.4 cm³/mol. The van der Waals surface area contributed by atoms with Crippen LogP contribution in [-0.2, 0) is 0 Å². The summed E-state index contributed by atoms with van der Waals surface area (Å²) in [6.07, 6.45) is 5.47. The molecule has 0 saturated heterocycles. The SMILES string of the molecule is C[N+]1=C(C(C)(C)C)CC=C1. The van der Waals surface area contributed by atoms with E-state index in [2.05, 4.69) is 44.7 Å². The molecule has 1 heterocycles. The molecule has 0 saturated carbocycles. The Morgan fingerprint density at radius 3 is 2.20 bits per heavy atom. The Morgan fingerprint density at radius 1 is 1.40 bits per heavy atom. The van der Waals surface area contributed by atoms with E-state index in [9.17, 15) is 0 Å². The van der Waals surface area contributed by atoms with Gasteiger partial charge in [0.2, 0.25) is 0 Å². The Hall–Kier alpha value is -0.590. The predicted octanol–water partition coefficient (Wildman–Crippen LogP) is 2.03. The number of rotatable bonds is 0. The Labute approximate surface area is 63.1 Å². The fraction of sp³-hybridized carbons (Fsp3) is 0.667. The molecule has 56 valence electrons. The summed E-state index contributed by atoms with van der Waals surface area (Å²) in [4.78, 5) is 0.